The van der Waals surface area contributed by atoms with E-state index in [0.29, 0.717) is 0 Å². The average molecular weight is 198 g/mol. The van der Waals surface area contributed by atoms with Gasteiger partial charge in [0.25, 0.3) is 0 Å². The molecule has 0 unspecified atom stereocenters. The summed E-state index contributed by atoms with van der Waals surface area (Å²) in [7, 11) is 0. The Morgan fingerprint density at radius 2 is 1.92 bits per heavy atom. The Labute approximate surface area is 84.4 Å². The van der Waals surface area contributed by atoms with Gasteiger partial charge in [0.15, 0.2) is 0 Å². The van der Waals surface area contributed by atoms with Gasteiger partial charge in [-0.2, -0.15) is 0 Å². The third-order valence-corrected chi connectivity index (χ3v) is 2.92. The fraction of sp³-hybridized carbons (Fsp3) is 0.700. The quantitative estimate of drug-likeness (QED) is 0.790. The van der Waals surface area contributed by atoms with Crippen LogP contribution in [0.3, 0.4) is 0 Å². The van der Waals surface area contributed by atoms with Gasteiger partial charge in [-0.25, -0.2) is 4.98 Å². The molecule has 1 aromatic heterocycles. The minimum absolute atomic E-state index is 0.174. The second kappa shape index (κ2) is 3.76. The Balaban J connectivity index is 2.56. The molecule has 0 saturated carbocycles. The molecule has 0 radical (unpaired) electrons. The molecule has 2 nitrogen and oxygen atoms in total. The molecular weight excluding hydrogens is 180 g/mol. The Morgan fingerprint density at radius 1 is 1.31 bits per heavy atom. The molecule has 0 spiro atoms. The number of nitrogens with zero attached hydrogens (tertiary/aromatic N) is 1. The number of thiazole rings is 1. The second-order valence-electron chi connectivity index (χ2n) is 4.35. The summed E-state index contributed by atoms with van der Waals surface area (Å²) in [6.45, 7) is 11.6. The number of nitrogens with one attached hydrogen (secondary N) is 1. The monoisotopic (exact) mass is 198 g/mol. The van der Waals surface area contributed by atoms with E-state index in [2.05, 4.69) is 44.9 Å². The van der Waals surface area contributed by atoms with Crippen molar-refractivity contribution >= 4 is 11.3 Å². The summed E-state index contributed by atoms with van der Waals surface area (Å²) in [5.41, 5.74) is 1.34. The van der Waals surface area contributed by atoms with Crippen LogP contribution in [-0.2, 0) is 6.54 Å². The number of hydrogen-bond acceptors (Lipinski definition) is 3. The maximum absolute atomic E-state index is 4.47. The van der Waals surface area contributed by atoms with Gasteiger partial charge in [0, 0.05) is 17.0 Å². The number of aromatic nitrogens is 1. The lowest BCUT2D eigenvalue weighted by atomic mass is 10.1. The van der Waals surface area contributed by atoms with Crippen molar-refractivity contribution < 1.29 is 0 Å². The molecular formula is C10H18N2S. The zero-order valence-corrected chi connectivity index (χ0v) is 9.88. The average Bonchev–Trinajstić information content (AvgIpc) is 2.27. The molecule has 1 aromatic rings. The molecule has 0 aliphatic rings. The molecule has 0 aliphatic carbocycles. The molecule has 0 fully saturated rings. The zero-order chi connectivity index (χ0) is 10.1. The largest absolute Gasteiger partial charge is 0.306 e. The smallest absolute Gasteiger partial charge is 0.107 e. The SMILES string of the molecule is Cc1nc(CNC(C)(C)C)sc1C. The van der Waals surface area contributed by atoms with Crippen molar-refractivity contribution in [3.8, 4) is 0 Å². The third kappa shape index (κ3) is 3.44. The molecule has 0 amide bonds. The standard InChI is InChI=1S/C10H18N2S/c1-7-8(2)13-9(12-7)6-11-10(3,4)5/h11H,6H2,1-5H3. The van der Waals surface area contributed by atoms with Crippen LogP contribution in [0.25, 0.3) is 0 Å². The van der Waals surface area contributed by atoms with Crippen molar-refractivity contribution in [3.63, 3.8) is 0 Å². The first-order chi connectivity index (χ1) is 5.88. The number of hydrogen-bond donors (Lipinski definition) is 1. The Kier molecular flexibility index (Phi) is 3.09. The number of rotatable bonds is 2. The summed E-state index contributed by atoms with van der Waals surface area (Å²) in [5.74, 6) is 0. The molecule has 0 aromatic carbocycles. The predicted octanol–water partition coefficient (Wildman–Crippen LogP) is 2.65. The molecule has 0 atom stereocenters. The maximum atomic E-state index is 4.47. The van der Waals surface area contributed by atoms with Crippen molar-refractivity contribution in [1.29, 1.82) is 0 Å². The maximum Gasteiger partial charge on any atom is 0.107 e. The first-order valence-corrected chi connectivity index (χ1v) is 5.38. The highest BCUT2D eigenvalue weighted by Crippen LogP contribution is 2.16. The highest BCUT2D eigenvalue weighted by Gasteiger charge is 2.10. The number of aryl methyl sites for hydroxylation is 2. The molecule has 0 aliphatic heterocycles. The van der Waals surface area contributed by atoms with Gasteiger partial charge < -0.3 is 5.32 Å². The first-order valence-electron chi connectivity index (χ1n) is 4.56. The Hall–Kier alpha value is -0.410. The van der Waals surface area contributed by atoms with Crippen molar-refractivity contribution in [1.82, 2.24) is 10.3 Å². The summed E-state index contributed by atoms with van der Waals surface area (Å²) in [6, 6.07) is 0. The molecule has 1 heterocycles. The highest BCUT2D eigenvalue weighted by atomic mass is 32.1. The molecule has 0 bridgehead atoms. The molecule has 1 rings (SSSR count). The van der Waals surface area contributed by atoms with Gasteiger partial charge in [0.2, 0.25) is 0 Å². The fourth-order valence-corrected chi connectivity index (χ4v) is 1.83. The van der Waals surface area contributed by atoms with Crippen LogP contribution in [0.5, 0.6) is 0 Å². The van der Waals surface area contributed by atoms with Gasteiger partial charge in [0.1, 0.15) is 5.01 Å². The van der Waals surface area contributed by atoms with Gasteiger partial charge in [-0.1, -0.05) is 0 Å². The van der Waals surface area contributed by atoms with Crippen LogP contribution in [0.2, 0.25) is 0 Å². The lowest BCUT2D eigenvalue weighted by Crippen LogP contribution is -2.35. The minimum atomic E-state index is 0.174. The topological polar surface area (TPSA) is 24.9 Å². The van der Waals surface area contributed by atoms with Gasteiger partial charge in [-0.05, 0) is 34.6 Å². The zero-order valence-electron chi connectivity index (χ0n) is 9.06. The van der Waals surface area contributed by atoms with E-state index in [9.17, 15) is 0 Å². The van der Waals surface area contributed by atoms with Gasteiger partial charge >= 0.3 is 0 Å². The summed E-state index contributed by atoms with van der Waals surface area (Å²) in [5, 5.41) is 4.61. The van der Waals surface area contributed by atoms with Crippen LogP contribution in [-0.4, -0.2) is 10.5 Å². The molecule has 0 saturated heterocycles. The van der Waals surface area contributed by atoms with Crippen molar-refractivity contribution in [2.45, 2.75) is 46.7 Å². The van der Waals surface area contributed by atoms with Crippen LogP contribution in [0.1, 0.15) is 36.3 Å². The van der Waals surface area contributed by atoms with Crippen LogP contribution in [0.4, 0.5) is 0 Å². The van der Waals surface area contributed by atoms with E-state index in [0.717, 1.165) is 12.2 Å². The summed E-state index contributed by atoms with van der Waals surface area (Å²) in [6.07, 6.45) is 0. The summed E-state index contributed by atoms with van der Waals surface area (Å²) in [4.78, 5) is 5.79. The van der Waals surface area contributed by atoms with E-state index in [1.54, 1.807) is 11.3 Å². The van der Waals surface area contributed by atoms with Crippen LogP contribution >= 0.6 is 11.3 Å². The van der Waals surface area contributed by atoms with E-state index in [-0.39, 0.29) is 5.54 Å². The van der Waals surface area contributed by atoms with Crippen molar-refractivity contribution in [2.75, 3.05) is 0 Å². The first kappa shape index (κ1) is 10.7. The van der Waals surface area contributed by atoms with Crippen LogP contribution < -0.4 is 5.32 Å². The molecule has 13 heavy (non-hydrogen) atoms. The minimum Gasteiger partial charge on any atom is -0.306 e. The molecule has 3 heteroatoms. The van der Waals surface area contributed by atoms with E-state index < -0.39 is 0 Å². The van der Waals surface area contributed by atoms with Crippen molar-refractivity contribution in [2.24, 2.45) is 0 Å². The third-order valence-electron chi connectivity index (χ3n) is 1.84. The lowest BCUT2D eigenvalue weighted by Gasteiger charge is -2.19. The molecule has 74 valence electrons. The van der Waals surface area contributed by atoms with E-state index in [1.807, 2.05) is 0 Å². The summed E-state index contributed by atoms with van der Waals surface area (Å²) < 4.78 is 0. The Bertz CT molecular complexity index is 264. The van der Waals surface area contributed by atoms with Gasteiger partial charge in [-0.3, -0.25) is 0 Å². The second-order valence-corrected chi connectivity index (χ2v) is 5.64. The van der Waals surface area contributed by atoms with Crippen LogP contribution in [0.15, 0.2) is 0 Å². The van der Waals surface area contributed by atoms with Gasteiger partial charge in [-0.15, -0.1) is 11.3 Å². The summed E-state index contributed by atoms with van der Waals surface area (Å²) >= 11 is 1.78. The Morgan fingerprint density at radius 3 is 2.31 bits per heavy atom. The van der Waals surface area contributed by atoms with E-state index >= 15 is 0 Å². The predicted molar refractivity (Wildman–Crippen MR) is 58.2 cm³/mol. The van der Waals surface area contributed by atoms with E-state index in [1.165, 1.54) is 9.88 Å². The highest BCUT2D eigenvalue weighted by molar-refractivity contribution is 7.11. The van der Waals surface area contributed by atoms with Crippen molar-refractivity contribution in [3.05, 3.63) is 15.6 Å². The van der Waals surface area contributed by atoms with Crippen LogP contribution in [0, 0.1) is 13.8 Å². The fourth-order valence-electron chi connectivity index (χ4n) is 0.956. The lowest BCUT2D eigenvalue weighted by molar-refractivity contribution is 0.423. The molecule has 1 N–H and O–H groups in total. The van der Waals surface area contributed by atoms with Gasteiger partial charge in [0.05, 0.1) is 5.69 Å². The van der Waals surface area contributed by atoms with E-state index in [4.69, 9.17) is 0 Å². The normalized spacial score (nSPS) is 12.1.